The topological polar surface area (TPSA) is 101 Å². The van der Waals surface area contributed by atoms with Gasteiger partial charge in [-0.15, -0.1) is 0 Å². The number of hydrogen-bond acceptors (Lipinski definition) is 6. The quantitative estimate of drug-likeness (QED) is 0.408. The van der Waals surface area contributed by atoms with Crippen LogP contribution < -0.4 is 8.61 Å². The molecule has 0 fully saturated rings. The maximum absolute atomic E-state index is 13.3. The first-order valence-electron chi connectivity index (χ1n) is 10.3. The first-order valence-corrected chi connectivity index (χ1v) is 12.8. The van der Waals surface area contributed by atoms with Gasteiger partial charge in [0.25, 0.3) is 10.0 Å². The van der Waals surface area contributed by atoms with Gasteiger partial charge in [0.15, 0.2) is 0 Å². The summed E-state index contributed by atoms with van der Waals surface area (Å²) in [6.07, 6.45) is 1.21. The number of esters is 1. The number of sulfonamides is 1. The van der Waals surface area contributed by atoms with Crippen LogP contribution in [-0.2, 0) is 32.1 Å². The SMILES string of the molecule is COC(=O)c1ccc(N(c2ccc3c(c2)N(S(=O)(=O)c2ccc(F)cc2)CCC3)[SH](=O)=O)cc1. The smallest absolute Gasteiger partial charge is 0.337 e. The number of anilines is 3. The Morgan fingerprint density at radius 2 is 1.65 bits per heavy atom. The fraction of sp³-hybridized carbons (Fsp3) is 0.174. The zero-order valence-electron chi connectivity index (χ0n) is 18.0. The van der Waals surface area contributed by atoms with Crippen molar-refractivity contribution < 1.29 is 30.8 Å². The van der Waals surface area contributed by atoms with Crippen LogP contribution in [0.25, 0.3) is 0 Å². The molecular weight excluding hydrogens is 483 g/mol. The monoisotopic (exact) mass is 504 g/mol. The lowest BCUT2D eigenvalue weighted by molar-refractivity contribution is 0.0600. The molecule has 3 aromatic carbocycles. The van der Waals surface area contributed by atoms with Gasteiger partial charge in [-0.2, -0.15) is 0 Å². The van der Waals surface area contributed by atoms with E-state index >= 15 is 0 Å². The molecule has 11 heteroatoms. The zero-order chi connectivity index (χ0) is 24.5. The molecule has 0 atom stereocenters. The molecule has 0 amide bonds. The predicted octanol–water partition coefficient (Wildman–Crippen LogP) is 3.42. The molecular formula is C23H21FN2O6S2. The number of nitrogens with zero attached hydrogens (tertiary/aromatic N) is 2. The second-order valence-corrected chi connectivity index (χ2v) is 10.3. The molecule has 1 aliphatic rings. The van der Waals surface area contributed by atoms with E-state index in [1.807, 2.05) is 0 Å². The third-order valence-corrected chi connectivity index (χ3v) is 8.10. The third kappa shape index (κ3) is 4.48. The minimum atomic E-state index is -3.99. The van der Waals surface area contributed by atoms with Crippen molar-refractivity contribution in [3.05, 3.63) is 83.7 Å². The van der Waals surface area contributed by atoms with E-state index in [0.717, 1.165) is 22.0 Å². The van der Waals surface area contributed by atoms with Gasteiger partial charge in [-0.1, -0.05) is 6.07 Å². The molecule has 0 saturated carbocycles. The summed E-state index contributed by atoms with van der Waals surface area (Å²) in [5.41, 5.74) is 1.88. The Bertz CT molecular complexity index is 1400. The molecule has 34 heavy (non-hydrogen) atoms. The van der Waals surface area contributed by atoms with Crippen molar-refractivity contribution in [2.45, 2.75) is 17.7 Å². The molecule has 8 nitrogen and oxygen atoms in total. The normalized spacial score (nSPS) is 13.4. The first kappa shape index (κ1) is 23.7. The number of halogens is 1. The van der Waals surface area contributed by atoms with Crippen LogP contribution in [0.15, 0.2) is 71.6 Å². The van der Waals surface area contributed by atoms with Gasteiger partial charge < -0.3 is 4.74 Å². The molecule has 0 radical (unpaired) electrons. The fourth-order valence-electron chi connectivity index (χ4n) is 3.84. The number of methoxy groups -OCH3 is 1. The highest BCUT2D eigenvalue weighted by Crippen LogP contribution is 2.37. The van der Waals surface area contributed by atoms with E-state index in [9.17, 15) is 26.0 Å². The highest BCUT2D eigenvalue weighted by molar-refractivity contribution is 7.92. The van der Waals surface area contributed by atoms with Gasteiger partial charge in [-0.05, 0) is 79.1 Å². The van der Waals surface area contributed by atoms with Crippen molar-refractivity contribution in [3.63, 3.8) is 0 Å². The van der Waals surface area contributed by atoms with Gasteiger partial charge >= 0.3 is 5.97 Å². The van der Waals surface area contributed by atoms with Crippen LogP contribution in [0, 0.1) is 5.82 Å². The summed E-state index contributed by atoms with van der Waals surface area (Å²) in [4.78, 5) is 11.6. The van der Waals surface area contributed by atoms with Crippen molar-refractivity contribution in [1.82, 2.24) is 0 Å². The standard InChI is InChI=1S/C23H21FN2O6S2/c1-32-23(27)17-5-9-19(10-6-17)26(33(28)29)20-11-4-16-3-2-14-25(22(16)15-20)34(30,31)21-12-7-18(24)8-13-21/h4-13,15,33H,2-3,14H2,1H3. The molecule has 0 aliphatic carbocycles. The van der Waals surface area contributed by atoms with Crippen LogP contribution in [-0.4, -0.2) is 36.5 Å². The Hall–Kier alpha value is -3.44. The highest BCUT2D eigenvalue weighted by Gasteiger charge is 2.30. The van der Waals surface area contributed by atoms with E-state index in [0.29, 0.717) is 18.5 Å². The lowest BCUT2D eigenvalue weighted by atomic mass is 10.0. The summed E-state index contributed by atoms with van der Waals surface area (Å²) >= 11 is 0. The Balaban J connectivity index is 1.76. The molecule has 0 unspecified atom stereocenters. The van der Waals surface area contributed by atoms with Crippen LogP contribution >= 0.6 is 0 Å². The number of carbonyl (C=O) groups is 1. The number of rotatable bonds is 6. The minimum Gasteiger partial charge on any atom is -0.465 e. The van der Waals surface area contributed by atoms with Gasteiger partial charge in [0.05, 0.1) is 34.6 Å². The van der Waals surface area contributed by atoms with Crippen molar-refractivity contribution in [3.8, 4) is 0 Å². The second kappa shape index (κ2) is 9.43. The Kier molecular flexibility index (Phi) is 6.58. The van der Waals surface area contributed by atoms with Gasteiger partial charge in [0.1, 0.15) is 5.82 Å². The Morgan fingerprint density at radius 3 is 2.26 bits per heavy atom. The average Bonchev–Trinajstić information content (AvgIpc) is 2.83. The first-order chi connectivity index (χ1) is 16.2. The van der Waals surface area contributed by atoms with Gasteiger partial charge in [-0.3, -0.25) is 4.31 Å². The summed E-state index contributed by atoms with van der Waals surface area (Å²) in [5, 5.41) is 0. The highest BCUT2D eigenvalue weighted by atomic mass is 32.2. The lowest BCUT2D eigenvalue weighted by Crippen LogP contribution is -2.35. The van der Waals surface area contributed by atoms with E-state index in [1.54, 1.807) is 12.1 Å². The molecule has 1 heterocycles. The largest absolute Gasteiger partial charge is 0.465 e. The van der Waals surface area contributed by atoms with E-state index in [2.05, 4.69) is 4.74 Å². The van der Waals surface area contributed by atoms with Gasteiger partial charge in [0, 0.05) is 6.54 Å². The number of carbonyl (C=O) groups excluding carboxylic acids is 1. The molecule has 178 valence electrons. The number of ether oxygens (including phenoxy) is 1. The molecule has 0 bridgehead atoms. The number of thiol groups is 1. The third-order valence-electron chi connectivity index (χ3n) is 5.49. The maximum atomic E-state index is 13.3. The predicted molar refractivity (Wildman–Crippen MR) is 126 cm³/mol. The van der Waals surface area contributed by atoms with Crippen molar-refractivity contribution in [2.24, 2.45) is 0 Å². The molecule has 3 aromatic rings. The Labute approximate surface area is 198 Å². The van der Waals surface area contributed by atoms with Crippen molar-refractivity contribution >= 4 is 43.9 Å². The summed E-state index contributed by atoms with van der Waals surface area (Å²) in [7, 11) is -5.89. The van der Waals surface area contributed by atoms with E-state index < -0.39 is 32.7 Å². The number of aryl methyl sites for hydroxylation is 1. The van der Waals surface area contributed by atoms with Crippen molar-refractivity contribution in [2.75, 3.05) is 22.3 Å². The van der Waals surface area contributed by atoms with Crippen LogP contribution in [0.2, 0.25) is 0 Å². The minimum absolute atomic E-state index is 0.0580. The summed E-state index contributed by atoms with van der Waals surface area (Å²) < 4.78 is 71.2. The molecule has 0 spiro atoms. The van der Waals surface area contributed by atoms with Gasteiger partial charge in [0.2, 0.25) is 10.9 Å². The molecule has 0 aromatic heterocycles. The van der Waals surface area contributed by atoms with Crippen LogP contribution in [0.5, 0.6) is 0 Å². The Morgan fingerprint density at radius 1 is 1.00 bits per heavy atom. The fourth-order valence-corrected chi connectivity index (χ4v) is 6.01. The van der Waals surface area contributed by atoms with Gasteiger partial charge in [-0.25, -0.2) is 30.3 Å². The molecule has 1 aliphatic heterocycles. The van der Waals surface area contributed by atoms with E-state index in [4.69, 9.17) is 0 Å². The maximum Gasteiger partial charge on any atom is 0.337 e. The summed E-state index contributed by atoms with van der Waals surface area (Å²) in [6.45, 7) is 0.202. The van der Waals surface area contributed by atoms with Crippen molar-refractivity contribution in [1.29, 1.82) is 0 Å². The lowest BCUT2D eigenvalue weighted by Gasteiger charge is -2.31. The number of benzene rings is 3. The second-order valence-electron chi connectivity index (χ2n) is 7.54. The van der Waals surface area contributed by atoms with Crippen LogP contribution in [0.3, 0.4) is 0 Å². The number of hydrogen-bond donors (Lipinski definition) is 1. The van der Waals surface area contributed by atoms with Crippen LogP contribution in [0.1, 0.15) is 22.3 Å². The van der Waals surface area contributed by atoms with Crippen LogP contribution in [0.4, 0.5) is 21.5 Å². The van der Waals surface area contributed by atoms with E-state index in [-0.39, 0.29) is 28.4 Å². The molecule has 0 N–H and O–H groups in total. The summed E-state index contributed by atoms with van der Waals surface area (Å²) in [6, 6.07) is 15.2. The zero-order valence-corrected chi connectivity index (χ0v) is 19.8. The summed E-state index contributed by atoms with van der Waals surface area (Å²) in [5.74, 6) is -1.10. The average molecular weight is 505 g/mol. The molecule has 4 rings (SSSR count). The molecule has 0 saturated heterocycles. The number of fused-ring (bicyclic) bond motifs is 1. The van der Waals surface area contributed by atoms with E-state index in [1.165, 1.54) is 53.9 Å².